The number of amides is 1. The van der Waals surface area contributed by atoms with Crippen molar-refractivity contribution in [2.24, 2.45) is 5.92 Å². The van der Waals surface area contributed by atoms with Crippen LogP contribution in [0.4, 0.5) is 4.79 Å². The van der Waals surface area contributed by atoms with Crippen molar-refractivity contribution in [3.63, 3.8) is 0 Å². The van der Waals surface area contributed by atoms with Crippen molar-refractivity contribution < 1.29 is 9.53 Å². The van der Waals surface area contributed by atoms with Crippen LogP contribution in [-0.2, 0) is 11.2 Å². The maximum absolute atomic E-state index is 12.2. The fourth-order valence-electron chi connectivity index (χ4n) is 3.43. The largest absolute Gasteiger partial charge is 0.444 e. The lowest BCUT2D eigenvalue weighted by Gasteiger charge is -2.33. The van der Waals surface area contributed by atoms with Gasteiger partial charge in [0.05, 0.1) is 0 Å². The summed E-state index contributed by atoms with van der Waals surface area (Å²) in [5.74, 6) is 0.634. The van der Waals surface area contributed by atoms with Crippen molar-refractivity contribution in [2.75, 3.05) is 13.1 Å². The van der Waals surface area contributed by atoms with E-state index >= 15 is 0 Å². The van der Waals surface area contributed by atoms with Crippen LogP contribution in [0.3, 0.4) is 0 Å². The van der Waals surface area contributed by atoms with Crippen molar-refractivity contribution in [3.05, 3.63) is 48.0 Å². The first kappa shape index (κ1) is 16.8. The Morgan fingerprint density at radius 3 is 2.46 bits per heavy atom. The molecule has 0 N–H and O–H groups in total. The topological polar surface area (TPSA) is 29.5 Å². The van der Waals surface area contributed by atoms with Crippen molar-refractivity contribution in [1.82, 2.24) is 4.90 Å². The van der Waals surface area contributed by atoms with E-state index in [1.165, 1.54) is 16.3 Å². The van der Waals surface area contributed by atoms with Gasteiger partial charge in [-0.15, -0.1) is 0 Å². The number of hydrogen-bond donors (Lipinski definition) is 0. The average Bonchev–Trinajstić information content (AvgIpc) is 2.54. The highest BCUT2D eigenvalue weighted by Crippen LogP contribution is 2.27. The molecule has 0 spiro atoms. The molecule has 2 aromatic carbocycles. The predicted molar refractivity (Wildman–Crippen MR) is 98.2 cm³/mol. The number of ether oxygens (including phenoxy) is 1. The third-order valence-electron chi connectivity index (χ3n) is 4.65. The first-order chi connectivity index (χ1) is 11.4. The number of nitrogens with zero attached hydrogens (tertiary/aromatic N) is 1. The third-order valence-corrected chi connectivity index (χ3v) is 4.65. The van der Waals surface area contributed by atoms with Gasteiger partial charge in [0.15, 0.2) is 0 Å². The molecule has 3 heteroatoms. The van der Waals surface area contributed by atoms with Crippen molar-refractivity contribution in [2.45, 2.75) is 45.6 Å². The summed E-state index contributed by atoms with van der Waals surface area (Å²) in [7, 11) is 0. The van der Waals surface area contributed by atoms with Crippen LogP contribution >= 0.6 is 0 Å². The normalized spacial score (nSPS) is 16.4. The standard InChI is InChI=1S/C21H27NO2/c1-21(2,3)24-20(23)22-13-11-16(12-14-22)15-18-9-6-8-17-7-4-5-10-19(17)18/h4-10,16H,11-15H2,1-3H3. The van der Waals surface area contributed by atoms with Gasteiger partial charge in [-0.05, 0) is 62.3 Å². The fraction of sp³-hybridized carbons (Fsp3) is 0.476. The summed E-state index contributed by atoms with van der Waals surface area (Å²) in [6, 6.07) is 15.1. The van der Waals surface area contributed by atoms with Gasteiger partial charge in [-0.2, -0.15) is 0 Å². The minimum Gasteiger partial charge on any atom is -0.444 e. The lowest BCUT2D eigenvalue weighted by Crippen LogP contribution is -2.42. The molecular formula is C21H27NO2. The number of fused-ring (bicyclic) bond motifs is 1. The van der Waals surface area contributed by atoms with Crippen LogP contribution in [0.5, 0.6) is 0 Å². The van der Waals surface area contributed by atoms with Crippen LogP contribution < -0.4 is 0 Å². The molecule has 0 radical (unpaired) electrons. The molecule has 1 fully saturated rings. The van der Waals surface area contributed by atoms with Crippen LogP contribution in [0.15, 0.2) is 42.5 Å². The van der Waals surface area contributed by atoms with Gasteiger partial charge in [0, 0.05) is 13.1 Å². The molecule has 2 aromatic rings. The van der Waals surface area contributed by atoms with E-state index in [0.717, 1.165) is 32.4 Å². The number of hydrogen-bond acceptors (Lipinski definition) is 2. The molecule has 128 valence electrons. The molecule has 1 amide bonds. The molecule has 1 saturated heterocycles. The highest BCUT2D eigenvalue weighted by Gasteiger charge is 2.27. The molecule has 0 saturated carbocycles. The molecule has 0 atom stereocenters. The van der Waals surface area contributed by atoms with E-state index in [-0.39, 0.29) is 6.09 Å². The molecule has 24 heavy (non-hydrogen) atoms. The van der Waals surface area contributed by atoms with Gasteiger partial charge >= 0.3 is 6.09 Å². The minimum atomic E-state index is -0.420. The van der Waals surface area contributed by atoms with Crippen LogP contribution in [0, 0.1) is 5.92 Å². The first-order valence-electron chi connectivity index (χ1n) is 8.87. The predicted octanol–water partition coefficient (Wildman–Crippen LogP) is 5.03. The van der Waals surface area contributed by atoms with Crippen molar-refractivity contribution in [1.29, 1.82) is 0 Å². The Balaban J connectivity index is 1.60. The summed E-state index contributed by atoms with van der Waals surface area (Å²) in [5.41, 5.74) is 1.00. The van der Waals surface area contributed by atoms with E-state index in [4.69, 9.17) is 4.74 Å². The molecular weight excluding hydrogens is 298 g/mol. The molecule has 0 unspecified atom stereocenters. The van der Waals surface area contributed by atoms with Gasteiger partial charge in [0.1, 0.15) is 5.60 Å². The van der Waals surface area contributed by atoms with E-state index in [1.807, 2.05) is 25.7 Å². The Morgan fingerprint density at radius 1 is 1.08 bits per heavy atom. The van der Waals surface area contributed by atoms with Gasteiger partial charge in [-0.3, -0.25) is 0 Å². The van der Waals surface area contributed by atoms with Crippen molar-refractivity contribution in [3.8, 4) is 0 Å². The second-order valence-corrected chi connectivity index (χ2v) is 7.75. The number of carbonyl (C=O) groups is 1. The van der Waals surface area contributed by atoms with Crippen molar-refractivity contribution >= 4 is 16.9 Å². The molecule has 3 rings (SSSR count). The Morgan fingerprint density at radius 2 is 1.75 bits per heavy atom. The summed E-state index contributed by atoms with van der Waals surface area (Å²) in [4.78, 5) is 14.0. The molecule has 1 aliphatic rings. The van der Waals surface area contributed by atoms with E-state index in [2.05, 4.69) is 42.5 Å². The molecule has 1 aliphatic heterocycles. The maximum Gasteiger partial charge on any atom is 0.410 e. The quantitative estimate of drug-likeness (QED) is 0.775. The van der Waals surface area contributed by atoms with E-state index in [9.17, 15) is 4.79 Å². The Bertz CT molecular complexity index is 704. The van der Waals surface area contributed by atoms with Crippen LogP contribution in [0.1, 0.15) is 39.2 Å². The van der Waals surface area contributed by atoms with Gasteiger partial charge < -0.3 is 9.64 Å². The van der Waals surface area contributed by atoms with Gasteiger partial charge in [0.25, 0.3) is 0 Å². The van der Waals surface area contributed by atoms with Gasteiger partial charge in [-0.1, -0.05) is 42.5 Å². The second kappa shape index (κ2) is 6.84. The van der Waals surface area contributed by atoms with Crippen LogP contribution in [-0.4, -0.2) is 29.7 Å². The SMILES string of the molecule is CC(C)(C)OC(=O)N1CCC(Cc2cccc3ccccc23)CC1. The molecule has 3 nitrogen and oxygen atoms in total. The summed E-state index contributed by atoms with van der Waals surface area (Å²) >= 11 is 0. The number of rotatable bonds is 2. The van der Waals surface area contributed by atoms with Gasteiger partial charge in [-0.25, -0.2) is 4.79 Å². The van der Waals surface area contributed by atoms with Crippen LogP contribution in [0.25, 0.3) is 10.8 Å². The average molecular weight is 325 g/mol. The smallest absolute Gasteiger partial charge is 0.410 e. The van der Waals surface area contributed by atoms with Crippen LogP contribution in [0.2, 0.25) is 0 Å². The summed E-state index contributed by atoms with van der Waals surface area (Å²) in [6.07, 6.45) is 3.00. The lowest BCUT2D eigenvalue weighted by molar-refractivity contribution is 0.0184. The van der Waals surface area contributed by atoms with E-state index < -0.39 is 5.60 Å². The summed E-state index contributed by atoms with van der Waals surface area (Å²) in [6.45, 7) is 7.34. The zero-order valence-corrected chi connectivity index (χ0v) is 14.9. The number of carbonyl (C=O) groups excluding carboxylic acids is 1. The molecule has 0 bridgehead atoms. The molecule has 1 heterocycles. The number of benzene rings is 2. The highest BCUT2D eigenvalue weighted by molar-refractivity contribution is 5.85. The Labute approximate surface area is 144 Å². The third kappa shape index (κ3) is 4.08. The van der Waals surface area contributed by atoms with Gasteiger partial charge in [0.2, 0.25) is 0 Å². The minimum absolute atomic E-state index is 0.175. The summed E-state index contributed by atoms with van der Waals surface area (Å²) < 4.78 is 5.48. The second-order valence-electron chi connectivity index (χ2n) is 7.75. The highest BCUT2D eigenvalue weighted by atomic mass is 16.6. The fourth-order valence-corrected chi connectivity index (χ4v) is 3.43. The van der Waals surface area contributed by atoms with E-state index in [0.29, 0.717) is 5.92 Å². The monoisotopic (exact) mass is 325 g/mol. The summed E-state index contributed by atoms with van der Waals surface area (Å²) in [5, 5.41) is 2.66. The Hall–Kier alpha value is -2.03. The molecule has 0 aliphatic carbocycles. The number of likely N-dealkylation sites (tertiary alicyclic amines) is 1. The Kier molecular flexibility index (Phi) is 4.79. The number of piperidine rings is 1. The first-order valence-corrected chi connectivity index (χ1v) is 8.87. The van der Waals surface area contributed by atoms with E-state index in [1.54, 1.807) is 0 Å². The maximum atomic E-state index is 12.2. The zero-order chi connectivity index (χ0) is 17.2. The molecule has 0 aromatic heterocycles. The zero-order valence-electron chi connectivity index (χ0n) is 14.9. The lowest BCUT2D eigenvalue weighted by atomic mass is 9.88.